The average molecular weight is 340 g/mol. The van der Waals surface area contributed by atoms with E-state index < -0.39 is 0 Å². The van der Waals surface area contributed by atoms with Crippen molar-refractivity contribution < 1.29 is 51.4 Å². The smallest absolute Gasteiger partial charge is 0.411 e. The second-order valence-electron chi connectivity index (χ2n) is 5.18. The third-order valence-corrected chi connectivity index (χ3v) is 3.73. The molecule has 2 aromatic rings. The minimum Gasteiger partial charge on any atom is -0.411 e. The molecule has 0 aliphatic carbocycles. The van der Waals surface area contributed by atoms with Crippen molar-refractivity contribution in [2.45, 2.75) is 27.7 Å². The van der Waals surface area contributed by atoms with Crippen LogP contribution in [0.25, 0.3) is 0 Å². The molecule has 0 bridgehead atoms. The fourth-order valence-corrected chi connectivity index (χ4v) is 2.83. The topological polar surface area (TPSA) is 3.24 Å². The van der Waals surface area contributed by atoms with Gasteiger partial charge in [0.05, 0.1) is 0 Å². The Morgan fingerprint density at radius 1 is 0.857 bits per heavy atom. The van der Waals surface area contributed by atoms with Gasteiger partial charge in [0.25, 0.3) is 0 Å². The number of hydrogen-bond acceptors (Lipinski definition) is 2. The Kier molecular flexibility index (Phi) is 7.47. The summed E-state index contributed by atoms with van der Waals surface area (Å²) in [5.41, 5.74) is 6.95. The fraction of sp³-hybridized carbons (Fsp3) is 0.235. The number of aryl methyl sites for hydroxylation is 4. The Bertz CT molecular complexity index is 616. The van der Waals surface area contributed by atoms with Gasteiger partial charge in [-0.1, -0.05) is 39.7 Å². The predicted molar refractivity (Wildman–Crippen MR) is 93.9 cm³/mol. The van der Waals surface area contributed by atoms with Crippen molar-refractivity contribution in [1.82, 2.24) is 0 Å². The Hall–Kier alpha value is 0.186. The molecule has 2 rings (SSSR count). The van der Waals surface area contributed by atoms with E-state index in [0.29, 0.717) is 4.32 Å². The number of hydrogen-bond donors (Lipinski definition) is 0. The summed E-state index contributed by atoms with van der Waals surface area (Å²) in [5.74, 6) is 0. The molecule has 0 radical (unpaired) electrons. The first kappa shape index (κ1) is 19.2. The van der Waals surface area contributed by atoms with Crippen LogP contribution in [0.5, 0.6) is 0 Å². The van der Waals surface area contributed by atoms with Crippen LogP contribution in [-0.2, 0) is 12.6 Å². The van der Waals surface area contributed by atoms with Crippen molar-refractivity contribution in [3.63, 3.8) is 0 Å². The Balaban J connectivity index is 0.00000220. The largest absolute Gasteiger partial charge is 1.00 e. The quantitative estimate of drug-likeness (QED) is 0.467. The van der Waals surface area contributed by atoms with Crippen LogP contribution >= 0.6 is 12.2 Å². The summed E-state index contributed by atoms with van der Waals surface area (Å²) in [4.78, 5) is 1.98. The van der Waals surface area contributed by atoms with Crippen molar-refractivity contribution in [3.8, 4) is 0 Å². The van der Waals surface area contributed by atoms with Crippen LogP contribution in [0.4, 0.5) is 11.4 Å². The van der Waals surface area contributed by atoms with E-state index >= 15 is 0 Å². The standard InChI is InChI=1S/C17H19NS2.K/c1-11-5-7-15(13(3)9-11)18(17(19)20)16-8-6-12(2)10-14(16)4;/h5-10H,1-4H3,(H,19,20);/q;+1/p-1. The van der Waals surface area contributed by atoms with Gasteiger partial charge in [0.15, 0.2) is 0 Å². The van der Waals surface area contributed by atoms with Gasteiger partial charge in [-0.3, -0.25) is 0 Å². The van der Waals surface area contributed by atoms with Crippen molar-refractivity contribution in [2.24, 2.45) is 0 Å². The van der Waals surface area contributed by atoms with E-state index in [4.69, 9.17) is 24.8 Å². The average Bonchev–Trinajstić information content (AvgIpc) is 2.34. The van der Waals surface area contributed by atoms with Gasteiger partial charge in [0.2, 0.25) is 0 Å². The van der Waals surface area contributed by atoms with Crippen LogP contribution in [0.15, 0.2) is 36.4 Å². The van der Waals surface area contributed by atoms with E-state index in [1.807, 2.05) is 4.90 Å². The number of anilines is 2. The minimum absolute atomic E-state index is 0. The zero-order valence-corrected chi connectivity index (χ0v) is 18.0. The molecule has 21 heavy (non-hydrogen) atoms. The predicted octanol–water partition coefficient (Wildman–Crippen LogP) is 1.89. The molecular formula is C17H18KNS2. The normalized spacial score (nSPS) is 9.90. The first-order valence-electron chi connectivity index (χ1n) is 6.56. The molecule has 0 atom stereocenters. The molecule has 0 unspecified atom stereocenters. The minimum atomic E-state index is 0. The van der Waals surface area contributed by atoms with Gasteiger partial charge in [0, 0.05) is 11.4 Å². The fourth-order valence-electron chi connectivity index (χ4n) is 2.44. The van der Waals surface area contributed by atoms with Crippen LogP contribution in [0.2, 0.25) is 0 Å². The zero-order valence-electron chi connectivity index (χ0n) is 13.2. The van der Waals surface area contributed by atoms with Crippen LogP contribution < -0.4 is 56.3 Å². The Morgan fingerprint density at radius 3 is 1.52 bits per heavy atom. The van der Waals surface area contributed by atoms with E-state index in [1.165, 1.54) is 22.3 Å². The first-order valence-corrected chi connectivity index (χ1v) is 7.37. The molecule has 0 N–H and O–H groups in total. The second kappa shape index (κ2) is 8.15. The molecule has 2 aromatic carbocycles. The van der Waals surface area contributed by atoms with Gasteiger partial charge in [0.1, 0.15) is 0 Å². The molecule has 104 valence electrons. The molecule has 0 saturated heterocycles. The van der Waals surface area contributed by atoms with Crippen molar-refractivity contribution in [1.29, 1.82) is 0 Å². The molecule has 0 heterocycles. The summed E-state index contributed by atoms with van der Waals surface area (Å²) in [6.45, 7) is 8.35. The van der Waals surface area contributed by atoms with Crippen LogP contribution in [0.3, 0.4) is 0 Å². The maximum atomic E-state index is 5.31. The Labute approximate surface area is 181 Å². The number of benzene rings is 2. The van der Waals surface area contributed by atoms with E-state index in [0.717, 1.165) is 11.4 Å². The first-order chi connectivity index (χ1) is 9.40. The third-order valence-electron chi connectivity index (χ3n) is 3.37. The number of nitrogens with zero attached hydrogens (tertiary/aromatic N) is 1. The summed E-state index contributed by atoms with van der Waals surface area (Å²) < 4.78 is 0.448. The summed E-state index contributed by atoms with van der Waals surface area (Å²) in [5, 5.41) is 0. The van der Waals surface area contributed by atoms with Crippen LogP contribution in [0.1, 0.15) is 22.3 Å². The molecule has 0 aromatic heterocycles. The summed E-state index contributed by atoms with van der Waals surface area (Å²) in [6, 6.07) is 12.7. The van der Waals surface area contributed by atoms with Gasteiger partial charge in [-0.15, -0.1) is 0 Å². The van der Waals surface area contributed by atoms with E-state index in [2.05, 4.69) is 64.1 Å². The molecule has 1 nitrogen and oxygen atoms in total. The molecule has 4 heteroatoms. The SMILES string of the molecule is Cc1ccc(N(C(=S)[S-])c2ccc(C)cc2C)c(C)c1.[K+]. The monoisotopic (exact) mass is 339 g/mol. The molecule has 0 spiro atoms. The zero-order chi connectivity index (χ0) is 14.9. The number of rotatable bonds is 2. The summed E-state index contributed by atoms with van der Waals surface area (Å²) >= 11 is 10.6. The second-order valence-corrected chi connectivity index (χ2v) is 6.21. The van der Waals surface area contributed by atoms with Gasteiger partial charge < -0.3 is 29.7 Å². The summed E-state index contributed by atoms with van der Waals surface area (Å²) in [7, 11) is 0. The molecule has 0 saturated carbocycles. The van der Waals surface area contributed by atoms with Crippen LogP contribution in [-0.4, -0.2) is 4.32 Å². The van der Waals surface area contributed by atoms with E-state index in [-0.39, 0.29) is 51.4 Å². The van der Waals surface area contributed by atoms with Crippen LogP contribution in [0, 0.1) is 27.7 Å². The van der Waals surface area contributed by atoms with E-state index in [9.17, 15) is 0 Å². The molecule has 0 aliphatic heterocycles. The van der Waals surface area contributed by atoms with E-state index in [1.54, 1.807) is 0 Å². The molecule has 0 fully saturated rings. The van der Waals surface area contributed by atoms with Crippen molar-refractivity contribution in [2.75, 3.05) is 4.90 Å². The van der Waals surface area contributed by atoms with Gasteiger partial charge in [-0.05, 0) is 51.0 Å². The summed E-state index contributed by atoms with van der Waals surface area (Å²) in [6.07, 6.45) is 0. The van der Waals surface area contributed by atoms with Gasteiger partial charge in [-0.2, -0.15) is 0 Å². The number of thiocarbonyl (C=S) groups is 1. The molecule has 0 aliphatic rings. The molecule has 0 amide bonds. The third kappa shape index (κ3) is 4.58. The van der Waals surface area contributed by atoms with Gasteiger partial charge >= 0.3 is 51.4 Å². The molecular weight excluding hydrogens is 321 g/mol. The van der Waals surface area contributed by atoms with Crippen molar-refractivity contribution >= 4 is 40.5 Å². The maximum Gasteiger partial charge on any atom is 1.00 e. The Morgan fingerprint density at radius 2 is 1.24 bits per heavy atom. The van der Waals surface area contributed by atoms with Crippen molar-refractivity contribution in [3.05, 3.63) is 58.7 Å². The maximum absolute atomic E-state index is 5.31. The van der Waals surface area contributed by atoms with Gasteiger partial charge in [-0.25, -0.2) is 0 Å².